The maximum atomic E-state index is 13.2. The summed E-state index contributed by atoms with van der Waals surface area (Å²) in [5.41, 5.74) is 0.314. The summed E-state index contributed by atoms with van der Waals surface area (Å²) in [4.78, 5) is 12.8. The van der Waals surface area contributed by atoms with Crippen LogP contribution in [-0.2, 0) is 16.6 Å². The molecular weight excluding hydrogens is 419 g/mol. The summed E-state index contributed by atoms with van der Waals surface area (Å²) >= 11 is 5.96. The molecule has 0 saturated heterocycles. The molecule has 4 rings (SSSR count). The van der Waals surface area contributed by atoms with Gasteiger partial charge in [-0.2, -0.15) is 0 Å². The van der Waals surface area contributed by atoms with Crippen LogP contribution in [0.2, 0.25) is 5.02 Å². The Kier molecular flexibility index (Phi) is 5.28. The molecule has 10 heteroatoms. The van der Waals surface area contributed by atoms with Crippen molar-refractivity contribution in [2.24, 2.45) is 0 Å². The zero-order chi connectivity index (χ0) is 20.6. The number of hydrogen-bond acceptors (Lipinski definition) is 4. The Morgan fingerprint density at radius 1 is 1.14 bits per heavy atom. The molecule has 0 bridgehead atoms. The molecule has 0 radical (unpaired) electrons. The van der Waals surface area contributed by atoms with Crippen LogP contribution in [0, 0.1) is 5.82 Å². The first-order valence-corrected chi connectivity index (χ1v) is 10.9. The summed E-state index contributed by atoms with van der Waals surface area (Å²) in [6.45, 7) is 0.0223. The van der Waals surface area contributed by atoms with Crippen LogP contribution in [0.25, 0.3) is 11.4 Å². The maximum Gasteiger partial charge on any atom is 0.346 e. The number of rotatable bonds is 7. The van der Waals surface area contributed by atoms with Gasteiger partial charge in [-0.05, 0) is 49.2 Å². The van der Waals surface area contributed by atoms with E-state index >= 15 is 0 Å². The molecule has 1 aliphatic carbocycles. The van der Waals surface area contributed by atoms with Crippen LogP contribution < -0.4 is 10.4 Å². The lowest BCUT2D eigenvalue weighted by molar-refractivity contribution is 0.547. The van der Waals surface area contributed by atoms with E-state index in [9.17, 15) is 17.6 Å². The molecule has 29 heavy (non-hydrogen) atoms. The van der Waals surface area contributed by atoms with Gasteiger partial charge in [-0.15, -0.1) is 5.10 Å². The zero-order valence-electron chi connectivity index (χ0n) is 15.3. The molecule has 3 aromatic rings. The number of halogens is 2. The molecule has 0 unspecified atom stereocenters. The van der Waals surface area contributed by atoms with Crippen LogP contribution in [0.4, 0.5) is 4.39 Å². The van der Waals surface area contributed by atoms with Crippen molar-refractivity contribution >= 4 is 21.6 Å². The van der Waals surface area contributed by atoms with Crippen LogP contribution in [0.3, 0.4) is 0 Å². The van der Waals surface area contributed by atoms with Gasteiger partial charge >= 0.3 is 5.69 Å². The van der Waals surface area contributed by atoms with Crippen molar-refractivity contribution in [3.63, 3.8) is 0 Å². The van der Waals surface area contributed by atoms with Gasteiger partial charge in [0.25, 0.3) is 0 Å². The summed E-state index contributed by atoms with van der Waals surface area (Å²) in [7, 11) is -3.81. The summed E-state index contributed by atoms with van der Waals surface area (Å²) in [5, 5.41) is 4.48. The number of aromatic nitrogens is 3. The van der Waals surface area contributed by atoms with E-state index in [0.29, 0.717) is 11.4 Å². The highest BCUT2D eigenvalue weighted by Crippen LogP contribution is 2.36. The van der Waals surface area contributed by atoms with E-state index in [0.717, 1.165) is 12.8 Å². The van der Waals surface area contributed by atoms with Crippen LogP contribution in [0.15, 0.2) is 58.2 Å². The van der Waals surface area contributed by atoms with Gasteiger partial charge in [-0.1, -0.05) is 23.7 Å². The molecular formula is C19H18ClFN4O3S. The average molecular weight is 437 g/mol. The minimum Gasteiger partial charge on any atom is -0.272 e. The van der Waals surface area contributed by atoms with Crippen molar-refractivity contribution < 1.29 is 12.8 Å². The topological polar surface area (TPSA) is 86.0 Å². The molecule has 0 aliphatic heterocycles. The zero-order valence-corrected chi connectivity index (χ0v) is 16.8. The van der Waals surface area contributed by atoms with E-state index in [2.05, 4.69) is 9.82 Å². The van der Waals surface area contributed by atoms with E-state index in [1.807, 2.05) is 0 Å². The second-order valence-electron chi connectivity index (χ2n) is 6.77. The van der Waals surface area contributed by atoms with Crippen LogP contribution in [-0.4, -0.2) is 29.3 Å². The maximum absolute atomic E-state index is 13.2. The fraction of sp³-hybridized carbons (Fsp3) is 0.263. The van der Waals surface area contributed by atoms with Gasteiger partial charge in [-0.25, -0.2) is 27.0 Å². The van der Waals surface area contributed by atoms with E-state index in [1.165, 1.54) is 28.9 Å². The summed E-state index contributed by atoms with van der Waals surface area (Å²) in [5.74, 6) is 0.0777. The Bertz CT molecular complexity index is 1200. The molecule has 152 valence electrons. The molecule has 1 fully saturated rings. The minimum absolute atomic E-state index is 0.0236. The predicted molar refractivity (Wildman–Crippen MR) is 107 cm³/mol. The lowest BCUT2D eigenvalue weighted by Gasteiger charge is -2.07. The van der Waals surface area contributed by atoms with Crippen molar-refractivity contribution in [1.82, 2.24) is 19.1 Å². The Balaban J connectivity index is 1.55. The SMILES string of the molecule is O=c1n(CCNS(=O)(=O)c2ccccc2Cl)nc(-c2ccc(F)cc2)n1C1CC1. The molecule has 1 aromatic heterocycles. The van der Waals surface area contributed by atoms with E-state index in [4.69, 9.17) is 11.6 Å². The lowest BCUT2D eigenvalue weighted by Crippen LogP contribution is -2.32. The van der Waals surface area contributed by atoms with E-state index in [-0.39, 0.29) is 40.6 Å². The molecule has 0 amide bonds. The quantitative estimate of drug-likeness (QED) is 0.617. The summed E-state index contributed by atoms with van der Waals surface area (Å²) in [6.07, 6.45) is 1.75. The highest BCUT2D eigenvalue weighted by atomic mass is 35.5. The first-order chi connectivity index (χ1) is 13.9. The highest BCUT2D eigenvalue weighted by molar-refractivity contribution is 7.89. The van der Waals surface area contributed by atoms with Gasteiger partial charge in [0.2, 0.25) is 10.0 Å². The standard InChI is InChI=1S/C19H18ClFN4O3S/c20-16-3-1-2-4-17(16)29(27,28)22-11-12-24-19(26)25(15-9-10-15)18(23-24)13-5-7-14(21)8-6-13/h1-8,15,22H,9-12H2. The first-order valence-electron chi connectivity index (χ1n) is 9.06. The third-order valence-electron chi connectivity index (χ3n) is 4.63. The van der Waals surface area contributed by atoms with Gasteiger partial charge in [0, 0.05) is 18.2 Å². The second kappa shape index (κ2) is 7.74. The number of nitrogens with zero attached hydrogens (tertiary/aromatic N) is 3. The predicted octanol–water partition coefficient (Wildman–Crippen LogP) is 2.82. The molecule has 2 aromatic carbocycles. The number of sulfonamides is 1. The minimum atomic E-state index is -3.81. The molecule has 0 spiro atoms. The molecule has 7 nitrogen and oxygen atoms in total. The Hall–Kier alpha value is -2.49. The fourth-order valence-electron chi connectivity index (χ4n) is 3.05. The number of benzene rings is 2. The first kappa shape index (κ1) is 19.8. The van der Waals surface area contributed by atoms with Crippen molar-refractivity contribution in [3.05, 3.63) is 69.9 Å². The van der Waals surface area contributed by atoms with Gasteiger partial charge in [0.05, 0.1) is 11.6 Å². The van der Waals surface area contributed by atoms with Crippen LogP contribution in [0.5, 0.6) is 0 Å². The third kappa shape index (κ3) is 4.12. The molecule has 1 N–H and O–H groups in total. The van der Waals surface area contributed by atoms with Gasteiger partial charge in [0.1, 0.15) is 10.7 Å². The van der Waals surface area contributed by atoms with Gasteiger partial charge in [-0.3, -0.25) is 4.57 Å². The molecule has 1 heterocycles. The second-order valence-corrected chi connectivity index (χ2v) is 8.91. The highest BCUT2D eigenvalue weighted by Gasteiger charge is 2.30. The Morgan fingerprint density at radius 3 is 2.48 bits per heavy atom. The summed E-state index contributed by atoms with van der Waals surface area (Å²) < 4.78 is 43.4. The third-order valence-corrected chi connectivity index (χ3v) is 6.59. The molecule has 1 saturated carbocycles. The van der Waals surface area contributed by atoms with E-state index in [1.54, 1.807) is 28.8 Å². The van der Waals surface area contributed by atoms with Gasteiger partial charge in [0.15, 0.2) is 5.82 Å². The van der Waals surface area contributed by atoms with Crippen molar-refractivity contribution in [2.75, 3.05) is 6.54 Å². The molecule has 0 atom stereocenters. The van der Waals surface area contributed by atoms with Crippen molar-refractivity contribution in [3.8, 4) is 11.4 Å². The largest absolute Gasteiger partial charge is 0.346 e. The fourth-order valence-corrected chi connectivity index (χ4v) is 4.59. The average Bonchev–Trinajstić information content (AvgIpc) is 3.47. The number of hydrogen-bond donors (Lipinski definition) is 1. The van der Waals surface area contributed by atoms with Crippen molar-refractivity contribution in [1.29, 1.82) is 0 Å². The van der Waals surface area contributed by atoms with Crippen LogP contribution >= 0.6 is 11.6 Å². The summed E-state index contributed by atoms with van der Waals surface area (Å²) in [6, 6.07) is 12.0. The Morgan fingerprint density at radius 2 is 1.83 bits per heavy atom. The Labute approximate surface area is 171 Å². The van der Waals surface area contributed by atoms with Crippen molar-refractivity contribution in [2.45, 2.75) is 30.3 Å². The monoisotopic (exact) mass is 436 g/mol. The molecule has 1 aliphatic rings. The lowest BCUT2D eigenvalue weighted by atomic mass is 10.2. The smallest absolute Gasteiger partial charge is 0.272 e. The van der Waals surface area contributed by atoms with E-state index < -0.39 is 10.0 Å². The van der Waals surface area contributed by atoms with Gasteiger partial charge < -0.3 is 0 Å². The normalized spacial score (nSPS) is 14.3. The number of nitrogens with one attached hydrogen (secondary N) is 1. The van der Waals surface area contributed by atoms with Crippen LogP contribution in [0.1, 0.15) is 18.9 Å².